The van der Waals surface area contributed by atoms with Crippen LogP contribution in [0.3, 0.4) is 0 Å². The normalized spacial score (nSPS) is 12.3. The van der Waals surface area contributed by atoms with Crippen LogP contribution in [0.15, 0.2) is 29.2 Å². The summed E-state index contributed by atoms with van der Waals surface area (Å²) in [5, 5.41) is 3.64. The molecular weight excluding hydrogens is 326 g/mol. The van der Waals surface area contributed by atoms with Gasteiger partial charge in [0.05, 0.1) is 4.90 Å². The molecule has 0 atom stereocenters. The van der Waals surface area contributed by atoms with Crippen LogP contribution >= 0.6 is 0 Å². The number of fused-ring (bicyclic) bond motifs is 1. The van der Waals surface area contributed by atoms with Crippen molar-refractivity contribution in [3.05, 3.63) is 30.0 Å². The molecule has 1 aromatic heterocycles. The Hall–Kier alpha value is -1.86. The van der Waals surface area contributed by atoms with Crippen LogP contribution < -0.4 is 5.32 Å². The Kier molecular flexibility index (Phi) is 5.35. The van der Waals surface area contributed by atoms with Crippen molar-refractivity contribution >= 4 is 26.8 Å². The van der Waals surface area contributed by atoms with Crippen molar-refractivity contribution in [3.63, 3.8) is 0 Å². The average molecular weight is 351 g/mol. The fourth-order valence-electron chi connectivity index (χ4n) is 2.48. The van der Waals surface area contributed by atoms with E-state index in [0.717, 1.165) is 17.3 Å². The smallest absolute Gasteiger partial charge is 0.267 e. The molecule has 1 amide bonds. The molecule has 0 aliphatic heterocycles. The number of rotatable bonds is 6. The lowest BCUT2D eigenvalue weighted by atomic mass is 10.1. The molecule has 6 nitrogen and oxygen atoms in total. The van der Waals surface area contributed by atoms with Crippen molar-refractivity contribution in [3.8, 4) is 0 Å². The van der Waals surface area contributed by atoms with Gasteiger partial charge < -0.3 is 9.88 Å². The highest BCUT2D eigenvalue weighted by molar-refractivity contribution is 7.89. The number of hydrogen-bond acceptors (Lipinski definition) is 3. The molecule has 2 rings (SSSR count). The van der Waals surface area contributed by atoms with Crippen LogP contribution in [0.2, 0.25) is 0 Å². The minimum absolute atomic E-state index is 0.147. The van der Waals surface area contributed by atoms with Crippen molar-refractivity contribution in [2.45, 2.75) is 25.2 Å². The fraction of sp³-hybridized carbons (Fsp3) is 0.471. The molecule has 0 aliphatic carbocycles. The Bertz CT molecular complexity index is 851. The van der Waals surface area contributed by atoms with E-state index in [9.17, 15) is 13.2 Å². The third-order valence-corrected chi connectivity index (χ3v) is 5.84. The van der Waals surface area contributed by atoms with Crippen molar-refractivity contribution in [2.24, 2.45) is 13.0 Å². The molecule has 0 unspecified atom stereocenters. The summed E-state index contributed by atoms with van der Waals surface area (Å²) >= 11 is 0. The first-order chi connectivity index (χ1) is 11.1. The maximum absolute atomic E-state index is 12.3. The highest BCUT2D eigenvalue weighted by Gasteiger charge is 2.19. The number of nitrogens with one attached hydrogen (secondary N) is 1. The zero-order valence-corrected chi connectivity index (χ0v) is 15.6. The molecule has 1 heterocycles. The van der Waals surface area contributed by atoms with Gasteiger partial charge in [0.15, 0.2) is 0 Å². The molecule has 0 bridgehead atoms. The summed E-state index contributed by atoms with van der Waals surface area (Å²) in [5.74, 6) is 0.378. The van der Waals surface area contributed by atoms with Gasteiger partial charge in [0.1, 0.15) is 5.69 Å². The minimum atomic E-state index is -3.49. The molecule has 0 saturated carbocycles. The van der Waals surface area contributed by atoms with Crippen molar-refractivity contribution in [1.29, 1.82) is 0 Å². The highest BCUT2D eigenvalue weighted by atomic mass is 32.2. The third-order valence-electron chi connectivity index (χ3n) is 4.03. The lowest BCUT2D eigenvalue weighted by molar-refractivity contribution is 0.0944. The number of aryl methyl sites for hydroxylation is 1. The Morgan fingerprint density at radius 3 is 2.50 bits per heavy atom. The number of carbonyl (C=O) groups excluding carboxylic acids is 1. The summed E-state index contributed by atoms with van der Waals surface area (Å²) in [5.41, 5.74) is 1.34. The Labute approximate surface area is 143 Å². The Balaban J connectivity index is 2.35. The summed E-state index contributed by atoms with van der Waals surface area (Å²) in [7, 11) is 1.31. The van der Waals surface area contributed by atoms with E-state index < -0.39 is 10.0 Å². The first kappa shape index (κ1) is 18.5. The average Bonchev–Trinajstić information content (AvgIpc) is 2.83. The molecule has 2 aromatic rings. The van der Waals surface area contributed by atoms with E-state index in [-0.39, 0.29) is 10.8 Å². The Morgan fingerprint density at radius 1 is 1.25 bits per heavy atom. The topological polar surface area (TPSA) is 71.4 Å². The SMILES string of the molecule is CC(C)CCNC(=O)c1cc2cc(S(=O)(=O)N(C)C)ccc2n1C. The van der Waals surface area contributed by atoms with Crippen LogP contribution in [0.4, 0.5) is 0 Å². The molecule has 0 aliphatic rings. The number of benzene rings is 1. The lowest BCUT2D eigenvalue weighted by Gasteiger charge is -2.11. The predicted octanol–water partition coefficient (Wildman–Crippen LogP) is 2.20. The molecule has 0 spiro atoms. The van der Waals surface area contributed by atoms with Crippen LogP contribution in [0.5, 0.6) is 0 Å². The van der Waals surface area contributed by atoms with E-state index in [1.807, 2.05) is 0 Å². The maximum Gasteiger partial charge on any atom is 0.267 e. The second kappa shape index (κ2) is 6.94. The van der Waals surface area contributed by atoms with E-state index in [4.69, 9.17) is 0 Å². The van der Waals surface area contributed by atoms with Crippen LogP contribution in [-0.4, -0.2) is 43.8 Å². The number of nitrogens with zero attached hydrogens (tertiary/aromatic N) is 2. The van der Waals surface area contributed by atoms with Gasteiger partial charge in [-0.25, -0.2) is 12.7 Å². The number of amides is 1. The van der Waals surface area contributed by atoms with Crippen molar-refractivity contribution in [2.75, 3.05) is 20.6 Å². The molecular formula is C17H25N3O3S. The second-order valence-electron chi connectivity index (χ2n) is 6.54. The van der Waals surface area contributed by atoms with Crippen molar-refractivity contribution in [1.82, 2.24) is 14.2 Å². The number of hydrogen-bond donors (Lipinski definition) is 1. The number of sulfonamides is 1. The highest BCUT2D eigenvalue weighted by Crippen LogP contribution is 2.23. The number of aromatic nitrogens is 1. The standard InChI is InChI=1S/C17H25N3O3S/c1-12(2)8-9-18-17(21)16-11-13-10-14(24(22,23)19(3)4)6-7-15(13)20(16)5/h6-7,10-12H,8-9H2,1-5H3,(H,18,21). The van der Waals surface area contributed by atoms with Crippen LogP contribution in [-0.2, 0) is 17.1 Å². The summed E-state index contributed by atoms with van der Waals surface area (Å²) in [6.45, 7) is 4.84. The monoisotopic (exact) mass is 351 g/mol. The van der Waals surface area contributed by atoms with Gasteiger partial charge in [0, 0.05) is 38.6 Å². The molecule has 24 heavy (non-hydrogen) atoms. The Morgan fingerprint density at radius 2 is 1.92 bits per heavy atom. The molecule has 1 aromatic carbocycles. The van der Waals surface area contributed by atoms with E-state index >= 15 is 0 Å². The van der Waals surface area contributed by atoms with Gasteiger partial charge in [-0.15, -0.1) is 0 Å². The van der Waals surface area contributed by atoms with E-state index in [1.54, 1.807) is 35.9 Å². The van der Waals surface area contributed by atoms with Gasteiger partial charge in [-0.1, -0.05) is 13.8 Å². The van der Waals surface area contributed by atoms with E-state index in [2.05, 4.69) is 19.2 Å². The van der Waals surface area contributed by atoms with Crippen LogP contribution in [0.25, 0.3) is 10.9 Å². The summed E-state index contributed by atoms with van der Waals surface area (Å²) in [6.07, 6.45) is 0.918. The van der Waals surface area contributed by atoms with Gasteiger partial charge in [0.25, 0.3) is 5.91 Å². The van der Waals surface area contributed by atoms with Gasteiger partial charge in [-0.3, -0.25) is 4.79 Å². The molecule has 7 heteroatoms. The lowest BCUT2D eigenvalue weighted by Crippen LogP contribution is -2.27. The minimum Gasteiger partial charge on any atom is -0.351 e. The third kappa shape index (κ3) is 3.62. The van der Waals surface area contributed by atoms with Gasteiger partial charge in [0.2, 0.25) is 10.0 Å². The fourth-order valence-corrected chi connectivity index (χ4v) is 3.42. The largest absolute Gasteiger partial charge is 0.351 e. The molecule has 1 N–H and O–H groups in total. The molecule has 0 fully saturated rings. The second-order valence-corrected chi connectivity index (χ2v) is 8.69. The van der Waals surface area contributed by atoms with Crippen LogP contribution in [0.1, 0.15) is 30.8 Å². The summed E-state index contributed by atoms with van der Waals surface area (Å²) < 4.78 is 27.5. The quantitative estimate of drug-likeness (QED) is 0.867. The molecule has 0 saturated heterocycles. The van der Waals surface area contributed by atoms with Gasteiger partial charge >= 0.3 is 0 Å². The maximum atomic E-state index is 12.3. The number of carbonyl (C=O) groups is 1. The van der Waals surface area contributed by atoms with Gasteiger partial charge in [-0.2, -0.15) is 0 Å². The first-order valence-corrected chi connectivity index (χ1v) is 9.38. The first-order valence-electron chi connectivity index (χ1n) is 7.94. The zero-order chi connectivity index (χ0) is 18.1. The molecule has 0 radical (unpaired) electrons. The van der Waals surface area contributed by atoms with E-state index in [1.165, 1.54) is 18.4 Å². The van der Waals surface area contributed by atoms with Crippen molar-refractivity contribution < 1.29 is 13.2 Å². The molecule has 132 valence electrons. The zero-order valence-electron chi connectivity index (χ0n) is 14.8. The van der Waals surface area contributed by atoms with Crippen LogP contribution in [0, 0.1) is 5.92 Å². The van der Waals surface area contributed by atoms with E-state index in [0.29, 0.717) is 18.2 Å². The summed E-state index contributed by atoms with van der Waals surface area (Å²) in [6, 6.07) is 6.64. The predicted molar refractivity (Wildman–Crippen MR) is 95.6 cm³/mol. The summed E-state index contributed by atoms with van der Waals surface area (Å²) in [4.78, 5) is 12.6. The van der Waals surface area contributed by atoms with Gasteiger partial charge in [-0.05, 0) is 36.6 Å².